The largest absolute Gasteiger partial charge is 0.381 e. The lowest BCUT2D eigenvalue weighted by atomic mass is 10.1. The van der Waals surface area contributed by atoms with Gasteiger partial charge in [-0.1, -0.05) is 12.1 Å². The minimum atomic E-state index is 0.324. The first-order chi connectivity index (χ1) is 7.18. The standard InChI is InChI=1S/C13H20N2/c1-9-5-3-7-12(10(9)2)15-13-8-4-6-11(13)14/h3,5,7,11,13,15H,4,6,8,14H2,1-2H3/t11-,13-/m1/s1. The minimum absolute atomic E-state index is 0.324. The van der Waals surface area contributed by atoms with Gasteiger partial charge in [0.2, 0.25) is 0 Å². The van der Waals surface area contributed by atoms with Crippen LogP contribution >= 0.6 is 0 Å². The summed E-state index contributed by atoms with van der Waals surface area (Å²) in [5, 5.41) is 3.57. The molecule has 1 aromatic rings. The van der Waals surface area contributed by atoms with Crippen molar-refractivity contribution in [2.75, 3.05) is 5.32 Å². The van der Waals surface area contributed by atoms with Crippen molar-refractivity contribution in [3.63, 3.8) is 0 Å². The van der Waals surface area contributed by atoms with Gasteiger partial charge in [-0.15, -0.1) is 0 Å². The second-order valence-electron chi connectivity index (χ2n) is 4.59. The molecule has 1 aliphatic carbocycles. The molecule has 2 heteroatoms. The molecule has 2 nitrogen and oxygen atoms in total. The first-order valence-corrected chi connectivity index (χ1v) is 5.77. The van der Waals surface area contributed by atoms with E-state index in [0.29, 0.717) is 12.1 Å². The minimum Gasteiger partial charge on any atom is -0.381 e. The van der Waals surface area contributed by atoms with Crippen molar-refractivity contribution in [1.82, 2.24) is 0 Å². The maximum atomic E-state index is 6.05. The van der Waals surface area contributed by atoms with Gasteiger partial charge in [0.05, 0.1) is 0 Å². The number of hydrogen-bond acceptors (Lipinski definition) is 2. The average Bonchev–Trinajstić information content (AvgIpc) is 2.60. The van der Waals surface area contributed by atoms with Crippen LogP contribution in [0.4, 0.5) is 5.69 Å². The van der Waals surface area contributed by atoms with Crippen molar-refractivity contribution < 1.29 is 0 Å². The van der Waals surface area contributed by atoms with Gasteiger partial charge in [0, 0.05) is 17.8 Å². The summed E-state index contributed by atoms with van der Waals surface area (Å²) in [7, 11) is 0. The Morgan fingerprint density at radius 2 is 2.07 bits per heavy atom. The number of rotatable bonds is 2. The molecule has 0 bridgehead atoms. The van der Waals surface area contributed by atoms with Crippen LogP contribution in [0.2, 0.25) is 0 Å². The number of aryl methyl sites for hydroxylation is 1. The molecule has 1 saturated carbocycles. The van der Waals surface area contributed by atoms with Gasteiger partial charge < -0.3 is 11.1 Å². The van der Waals surface area contributed by atoms with Gasteiger partial charge in [-0.05, 0) is 50.3 Å². The van der Waals surface area contributed by atoms with E-state index >= 15 is 0 Å². The molecule has 1 fully saturated rings. The van der Waals surface area contributed by atoms with Crippen LogP contribution in [0.5, 0.6) is 0 Å². The number of nitrogens with one attached hydrogen (secondary N) is 1. The van der Waals surface area contributed by atoms with Gasteiger partial charge in [-0.3, -0.25) is 0 Å². The highest BCUT2D eigenvalue weighted by atomic mass is 15.0. The fourth-order valence-electron chi connectivity index (χ4n) is 2.28. The molecule has 0 spiro atoms. The predicted octanol–water partition coefficient (Wildman–Crippen LogP) is 2.60. The number of anilines is 1. The lowest BCUT2D eigenvalue weighted by Crippen LogP contribution is -2.35. The second-order valence-corrected chi connectivity index (χ2v) is 4.59. The van der Waals surface area contributed by atoms with Gasteiger partial charge in [-0.2, -0.15) is 0 Å². The van der Waals surface area contributed by atoms with Crippen molar-refractivity contribution >= 4 is 5.69 Å². The Kier molecular flexibility index (Phi) is 2.96. The van der Waals surface area contributed by atoms with Gasteiger partial charge in [-0.25, -0.2) is 0 Å². The Hall–Kier alpha value is -1.02. The van der Waals surface area contributed by atoms with Crippen molar-refractivity contribution in [2.24, 2.45) is 5.73 Å². The van der Waals surface area contributed by atoms with E-state index < -0.39 is 0 Å². The number of benzene rings is 1. The van der Waals surface area contributed by atoms with Gasteiger partial charge in [0.25, 0.3) is 0 Å². The highest BCUT2D eigenvalue weighted by molar-refractivity contribution is 5.54. The third-order valence-corrected chi connectivity index (χ3v) is 3.51. The third kappa shape index (κ3) is 2.15. The number of nitrogens with two attached hydrogens (primary N) is 1. The van der Waals surface area contributed by atoms with E-state index in [1.54, 1.807) is 0 Å². The Bertz CT molecular complexity index is 346. The van der Waals surface area contributed by atoms with Crippen LogP contribution < -0.4 is 11.1 Å². The normalized spacial score (nSPS) is 25.5. The Morgan fingerprint density at radius 1 is 1.27 bits per heavy atom. The highest BCUT2D eigenvalue weighted by Gasteiger charge is 2.23. The van der Waals surface area contributed by atoms with Crippen LogP contribution in [0.3, 0.4) is 0 Å². The van der Waals surface area contributed by atoms with E-state index in [9.17, 15) is 0 Å². The van der Waals surface area contributed by atoms with Crippen LogP contribution in [0, 0.1) is 13.8 Å². The fraction of sp³-hybridized carbons (Fsp3) is 0.538. The van der Waals surface area contributed by atoms with E-state index in [4.69, 9.17) is 5.73 Å². The van der Waals surface area contributed by atoms with Crippen LogP contribution in [0.25, 0.3) is 0 Å². The molecule has 0 amide bonds. The molecule has 3 N–H and O–H groups in total. The van der Waals surface area contributed by atoms with Crippen LogP contribution in [0.15, 0.2) is 18.2 Å². The molecule has 2 atom stereocenters. The van der Waals surface area contributed by atoms with E-state index in [1.807, 2.05) is 0 Å². The maximum Gasteiger partial charge on any atom is 0.0412 e. The van der Waals surface area contributed by atoms with Gasteiger partial charge >= 0.3 is 0 Å². The summed E-state index contributed by atoms with van der Waals surface area (Å²) in [6.07, 6.45) is 3.61. The zero-order valence-corrected chi connectivity index (χ0v) is 9.59. The first kappa shape index (κ1) is 10.5. The van der Waals surface area contributed by atoms with E-state index in [0.717, 1.165) is 6.42 Å². The molecule has 0 unspecified atom stereocenters. The average molecular weight is 204 g/mol. The molecule has 0 radical (unpaired) electrons. The summed E-state index contributed by atoms with van der Waals surface area (Å²) >= 11 is 0. The number of hydrogen-bond donors (Lipinski definition) is 2. The molecule has 2 rings (SSSR count). The molecule has 1 aromatic carbocycles. The zero-order valence-electron chi connectivity index (χ0n) is 9.59. The molecular weight excluding hydrogens is 184 g/mol. The zero-order chi connectivity index (χ0) is 10.8. The fourth-order valence-corrected chi connectivity index (χ4v) is 2.28. The van der Waals surface area contributed by atoms with Gasteiger partial charge in [0.15, 0.2) is 0 Å². The lowest BCUT2D eigenvalue weighted by Gasteiger charge is -2.20. The van der Waals surface area contributed by atoms with E-state index in [1.165, 1.54) is 29.7 Å². The Balaban J connectivity index is 2.13. The van der Waals surface area contributed by atoms with Crippen LogP contribution in [-0.2, 0) is 0 Å². The molecule has 15 heavy (non-hydrogen) atoms. The molecule has 0 saturated heterocycles. The predicted molar refractivity (Wildman–Crippen MR) is 65.2 cm³/mol. The van der Waals surface area contributed by atoms with Crippen LogP contribution in [0.1, 0.15) is 30.4 Å². The second kappa shape index (κ2) is 4.23. The van der Waals surface area contributed by atoms with E-state index in [2.05, 4.69) is 37.4 Å². The molecule has 0 heterocycles. The monoisotopic (exact) mass is 204 g/mol. The molecule has 0 aliphatic heterocycles. The third-order valence-electron chi connectivity index (χ3n) is 3.51. The summed E-state index contributed by atoms with van der Waals surface area (Å²) in [4.78, 5) is 0. The van der Waals surface area contributed by atoms with Crippen molar-refractivity contribution in [3.8, 4) is 0 Å². The molecule has 1 aliphatic rings. The summed E-state index contributed by atoms with van der Waals surface area (Å²) in [5.41, 5.74) is 9.98. The van der Waals surface area contributed by atoms with Gasteiger partial charge in [0.1, 0.15) is 0 Å². The summed E-state index contributed by atoms with van der Waals surface area (Å²) in [6.45, 7) is 4.31. The van der Waals surface area contributed by atoms with Crippen molar-refractivity contribution in [3.05, 3.63) is 29.3 Å². The molecule has 82 valence electrons. The summed E-state index contributed by atoms with van der Waals surface area (Å²) in [6, 6.07) is 7.18. The molecular formula is C13H20N2. The first-order valence-electron chi connectivity index (χ1n) is 5.77. The molecule has 0 aromatic heterocycles. The van der Waals surface area contributed by atoms with E-state index in [-0.39, 0.29) is 0 Å². The quantitative estimate of drug-likeness (QED) is 0.777. The Labute approximate surface area is 91.9 Å². The van der Waals surface area contributed by atoms with Crippen LogP contribution in [-0.4, -0.2) is 12.1 Å². The summed E-state index contributed by atoms with van der Waals surface area (Å²) < 4.78 is 0. The van der Waals surface area contributed by atoms with Crippen molar-refractivity contribution in [2.45, 2.75) is 45.2 Å². The smallest absolute Gasteiger partial charge is 0.0412 e. The summed E-state index contributed by atoms with van der Waals surface area (Å²) in [5.74, 6) is 0. The topological polar surface area (TPSA) is 38.0 Å². The maximum absolute atomic E-state index is 6.05. The van der Waals surface area contributed by atoms with Crippen molar-refractivity contribution in [1.29, 1.82) is 0 Å². The Morgan fingerprint density at radius 3 is 2.73 bits per heavy atom. The SMILES string of the molecule is Cc1cccc(N[C@@H]2CCC[C@H]2N)c1C. The lowest BCUT2D eigenvalue weighted by molar-refractivity contribution is 0.637. The highest BCUT2D eigenvalue weighted by Crippen LogP contribution is 2.24.